The number of carbonyl (C=O) groups excluding carboxylic acids is 1. The number of methoxy groups -OCH3 is 1. The molecule has 196 valence electrons. The molecule has 4 aromatic carbocycles. The SMILES string of the molecule is COc1ccc(S(=O)(=O)N(Cc2ccc(C(=O)Nc3ccc(Cl)cc3Cl)cc2)c2ccc(C)cc2)cc1Br. The van der Waals surface area contributed by atoms with Gasteiger partial charge in [-0.25, -0.2) is 8.42 Å². The number of hydrogen-bond donors (Lipinski definition) is 1. The topological polar surface area (TPSA) is 75.7 Å². The molecule has 0 spiro atoms. The summed E-state index contributed by atoms with van der Waals surface area (Å²) in [5, 5.41) is 3.55. The van der Waals surface area contributed by atoms with Gasteiger partial charge in [0.05, 0.1) is 39.4 Å². The molecule has 0 aliphatic heterocycles. The van der Waals surface area contributed by atoms with E-state index in [9.17, 15) is 13.2 Å². The van der Waals surface area contributed by atoms with Gasteiger partial charge < -0.3 is 10.1 Å². The summed E-state index contributed by atoms with van der Waals surface area (Å²) in [4.78, 5) is 12.9. The van der Waals surface area contributed by atoms with Gasteiger partial charge in [-0.2, -0.15) is 0 Å². The number of nitrogens with zero attached hydrogens (tertiary/aromatic N) is 1. The third kappa shape index (κ3) is 6.32. The molecule has 6 nitrogen and oxygen atoms in total. The number of rotatable bonds is 8. The van der Waals surface area contributed by atoms with Crippen LogP contribution in [0.1, 0.15) is 21.5 Å². The van der Waals surface area contributed by atoms with E-state index >= 15 is 0 Å². The van der Waals surface area contributed by atoms with Crippen molar-refractivity contribution in [2.45, 2.75) is 18.4 Å². The Kier molecular flexibility index (Phi) is 8.67. The van der Waals surface area contributed by atoms with Crippen LogP contribution < -0.4 is 14.4 Å². The number of halogens is 3. The van der Waals surface area contributed by atoms with Gasteiger partial charge in [0, 0.05) is 10.6 Å². The first kappa shape index (κ1) is 28.0. The molecular formula is C28H23BrCl2N2O4S. The number of nitrogens with one attached hydrogen (secondary N) is 1. The number of carbonyl (C=O) groups is 1. The van der Waals surface area contributed by atoms with E-state index in [1.807, 2.05) is 19.1 Å². The lowest BCUT2D eigenvalue weighted by Gasteiger charge is -2.25. The van der Waals surface area contributed by atoms with E-state index in [1.165, 1.54) is 23.5 Å². The van der Waals surface area contributed by atoms with Crippen molar-refractivity contribution >= 4 is 66.4 Å². The predicted octanol–water partition coefficient (Wildman–Crippen LogP) is 7.72. The van der Waals surface area contributed by atoms with Gasteiger partial charge in [-0.3, -0.25) is 9.10 Å². The largest absolute Gasteiger partial charge is 0.496 e. The van der Waals surface area contributed by atoms with Gasteiger partial charge in [0.25, 0.3) is 15.9 Å². The van der Waals surface area contributed by atoms with Crippen molar-refractivity contribution in [3.8, 4) is 5.75 Å². The molecule has 0 saturated heterocycles. The molecule has 0 aliphatic carbocycles. The average Bonchev–Trinajstić information content (AvgIpc) is 2.89. The summed E-state index contributed by atoms with van der Waals surface area (Å²) in [5.41, 5.74) is 3.05. The molecule has 0 bridgehead atoms. The molecule has 0 unspecified atom stereocenters. The van der Waals surface area contributed by atoms with Gasteiger partial charge in [0.2, 0.25) is 0 Å². The Morgan fingerprint density at radius 3 is 2.24 bits per heavy atom. The third-order valence-corrected chi connectivity index (χ3v) is 8.69. The van der Waals surface area contributed by atoms with E-state index < -0.39 is 10.0 Å². The van der Waals surface area contributed by atoms with Crippen LogP contribution in [0.25, 0.3) is 0 Å². The van der Waals surface area contributed by atoms with Crippen LogP contribution in [0.3, 0.4) is 0 Å². The fourth-order valence-corrected chi connectivity index (χ4v) is 6.30. The molecule has 0 aliphatic rings. The highest BCUT2D eigenvalue weighted by Gasteiger charge is 2.26. The summed E-state index contributed by atoms with van der Waals surface area (Å²) < 4.78 is 34.7. The highest BCUT2D eigenvalue weighted by atomic mass is 79.9. The van der Waals surface area contributed by atoms with Crippen LogP contribution in [0.4, 0.5) is 11.4 Å². The number of anilines is 2. The highest BCUT2D eigenvalue weighted by Crippen LogP contribution is 2.32. The third-order valence-electron chi connectivity index (χ3n) is 5.75. The van der Waals surface area contributed by atoms with E-state index in [0.717, 1.165) is 5.56 Å². The Morgan fingerprint density at radius 2 is 1.63 bits per heavy atom. The first-order chi connectivity index (χ1) is 18.1. The second kappa shape index (κ2) is 11.8. The second-order valence-corrected chi connectivity index (χ2v) is 12.0. The number of sulfonamides is 1. The van der Waals surface area contributed by atoms with E-state index in [-0.39, 0.29) is 17.3 Å². The molecule has 0 aromatic heterocycles. The lowest BCUT2D eigenvalue weighted by molar-refractivity contribution is 0.102. The van der Waals surface area contributed by atoms with Crippen molar-refractivity contribution in [3.63, 3.8) is 0 Å². The van der Waals surface area contributed by atoms with Crippen LogP contribution in [0.15, 0.2) is 94.3 Å². The molecule has 1 N–H and O–H groups in total. The second-order valence-electron chi connectivity index (χ2n) is 8.42. The molecule has 0 saturated carbocycles. The van der Waals surface area contributed by atoms with Crippen molar-refractivity contribution in [3.05, 3.63) is 116 Å². The Labute approximate surface area is 240 Å². The van der Waals surface area contributed by atoms with Crippen molar-refractivity contribution in [1.82, 2.24) is 0 Å². The van der Waals surface area contributed by atoms with Crippen LogP contribution >= 0.6 is 39.1 Å². The van der Waals surface area contributed by atoms with Crippen molar-refractivity contribution < 1.29 is 17.9 Å². The van der Waals surface area contributed by atoms with Gasteiger partial charge in [0.1, 0.15) is 5.75 Å². The monoisotopic (exact) mass is 632 g/mol. The van der Waals surface area contributed by atoms with E-state index in [2.05, 4.69) is 21.2 Å². The molecule has 4 aromatic rings. The van der Waals surface area contributed by atoms with Gasteiger partial charge in [-0.05, 0) is 89.1 Å². The van der Waals surface area contributed by atoms with Gasteiger partial charge in [0.15, 0.2) is 0 Å². The normalized spacial score (nSPS) is 11.2. The molecule has 0 atom stereocenters. The maximum atomic E-state index is 13.8. The minimum Gasteiger partial charge on any atom is -0.496 e. The fourth-order valence-electron chi connectivity index (χ4n) is 3.67. The summed E-state index contributed by atoms with van der Waals surface area (Å²) >= 11 is 15.5. The first-order valence-corrected chi connectivity index (χ1v) is 14.4. The number of ether oxygens (including phenoxy) is 1. The lowest BCUT2D eigenvalue weighted by Crippen LogP contribution is -2.30. The quantitative estimate of drug-likeness (QED) is 0.216. The van der Waals surface area contributed by atoms with Crippen LogP contribution in [0.2, 0.25) is 10.0 Å². The highest BCUT2D eigenvalue weighted by molar-refractivity contribution is 9.10. The molecule has 1 amide bonds. The van der Waals surface area contributed by atoms with Gasteiger partial charge in [-0.1, -0.05) is 53.0 Å². The number of aryl methyl sites for hydroxylation is 1. The Bertz CT molecular complexity index is 1580. The summed E-state index contributed by atoms with van der Waals surface area (Å²) in [6.07, 6.45) is 0. The average molecular weight is 634 g/mol. The Hall–Kier alpha value is -3.04. The maximum Gasteiger partial charge on any atom is 0.264 e. The molecule has 38 heavy (non-hydrogen) atoms. The number of benzene rings is 4. The smallest absolute Gasteiger partial charge is 0.264 e. The zero-order chi connectivity index (χ0) is 27.4. The lowest BCUT2D eigenvalue weighted by atomic mass is 10.1. The molecular weight excluding hydrogens is 611 g/mol. The number of amides is 1. The van der Waals surface area contributed by atoms with Crippen LogP contribution in [0, 0.1) is 6.92 Å². The van der Waals surface area contributed by atoms with E-state index in [0.29, 0.717) is 42.8 Å². The van der Waals surface area contributed by atoms with Crippen LogP contribution in [0.5, 0.6) is 5.75 Å². The molecule has 4 rings (SSSR count). The predicted molar refractivity (Wildman–Crippen MR) is 156 cm³/mol. The van der Waals surface area contributed by atoms with Crippen LogP contribution in [-0.2, 0) is 16.6 Å². The van der Waals surface area contributed by atoms with Gasteiger partial charge in [-0.15, -0.1) is 0 Å². The Balaban J connectivity index is 1.62. The standard InChI is InChI=1S/C28H23BrCl2N2O4S/c1-18-3-10-22(11-4-18)33(38(35,36)23-12-14-27(37-2)24(29)16-23)17-19-5-7-20(8-6-19)28(34)32-26-13-9-21(30)15-25(26)31/h3-16H,17H2,1-2H3,(H,32,34). The van der Waals surface area contributed by atoms with Gasteiger partial charge >= 0.3 is 0 Å². The maximum absolute atomic E-state index is 13.8. The van der Waals surface area contributed by atoms with Crippen molar-refractivity contribution in [1.29, 1.82) is 0 Å². The minimum atomic E-state index is -3.95. The van der Waals surface area contributed by atoms with Crippen LogP contribution in [-0.4, -0.2) is 21.4 Å². The summed E-state index contributed by atoms with van der Waals surface area (Å²) in [6, 6.07) is 23.4. The minimum absolute atomic E-state index is 0.0555. The molecule has 0 heterocycles. The van der Waals surface area contributed by atoms with Crippen molar-refractivity contribution in [2.24, 2.45) is 0 Å². The zero-order valence-electron chi connectivity index (χ0n) is 20.4. The molecule has 0 radical (unpaired) electrons. The fraction of sp³-hybridized carbons (Fsp3) is 0.107. The Morgan fingerprint density at radius 1 is 0.947 bits per heavy atom. The number of hydrogen-bond acceptors (Lipinski definition) is 4. The molecule has 0 fully saturated rings. The van der Waals surface area contributed by atoms with E-state index in [1.54, 1.807) is 60.7 Å². The summed E-state index contributed by atoms with van der Waals surface area (Å²) in [6.45, 7) is 1.99. The molecule has 10 heteroatoms. The zero-order valence-corrected chi connectivity index (χ0v) is 24.3. The van der Waals surface area contributed by atoms with E-state index in [4.69, 9.17) is 27.9 Å². The summed E-state index contributed by atoms with van der Waals surface area (Å²) in [7, 11) is -2.43. The first-order valence-electron chi connectivity index (χ1n) is 11.4. The summed E-state index contributed by atoms with van der Waals surface area (Å²) in [5.74, 6) is 0.173. The van der Waals surface area contributed by atoms with Crippen molar-refractivity contribution in [2.75, 3.05) is 16.7 Å².